The molecular formula is C22H25NO7S. The summed E-state index contributed by atoms with van der Waals surface area (Å²) < 4.78 is 42.6. The largest absolute Gasteiger partial charge is 0.490 e. The van der Waals surface area contributed by atoms with Gasteiger partial charge in [-0.3, -0.25) is 4.79 Å². The van der Waals surface area contributed by atoms with Crippen LogP contribution in [0, 0.1) is 0 Å². The van der Waals surface area contributed by atoms with E-state index in [0.717, 1.165) is 6.42 Å². The number of sulfonamides is 1. The molecule has 0 aliphatic carbocycles. The predicted octanol–water partition coefficient (Wildman–Crippen LogP) is 2.92. The molecule has 0 fully saturated rings. The lowest BCUT2D eigenvalue weighted by Crippen LogP contribution is -2.30. The second-order valence-electron chi connectivity index (χ2n) is 6.83. The molecule has 0 amide bonds. The average Bonchev–Trinajstić information content (AvgIpc) is 3.02. The standard InChI is InChI=1S/C22H25NO7S/c1-3-23(4-2)31(26,27)18-9-6-16(7-10-18)22(25)30-15-19(24)17-8-11-20-21(14-17)29-13-5-12-28-20/h6-11,14H,3-5,12-13,15H2,1-2H3. The van der Waals surface area contributed by atoms with Crippen LogP contribution in [-0.2, 0) is 14.8 Å². The summed E-state index contributed by atoms with van der Waals surface area (Å²) in [5, 5.41) is 0. The van der Waals surface area contributed by atoms with E-state index in [-0.39, 0.29) is 16.2 Å². The monoisotopic (exact) mass is 447 g/mol. The van der Waals surface area contributed by atoms with Crippen LogP contribution in [-0.4, -0.2) is 57.4 Å². The number of carbonyl (C=O) groups is 2. The summed E-state index contributed by atoms with van der Waals surface area (Å²) in [4.78, 5) is 24.8. The number of esters is 1. The smallest absolute Gasteiger partial charge is 0.338 e. The first-order valence-electron chi connectivity index (χ1n) is 10.1. The van der Waals surface area contributed by atoms with Gasteiger partial charge in [0, 0.05) is 25.1 Å². The Bertz CT molecular complexity index is 1040. The first-order chi connectivity index (χ1) is 14.9. The van der Waals surface area contributed by atoms with Crippen LogP contribution in [0.3, 0.4) is 0 Å². The van der Waals surface area contributed by atoms with Crippen LogP contribution in [0.15, 0.2) is 47.4 Å². The number of hydrogen-bond acceptors (Lipinski definition) is 7. The minimum absolute atomic E-state index is 0.0935. The van der Waals surface area contributed by atoms with Crippen LogP contribution in [0.4, 0.5) is 0 Å². The lowest BCUT2D eigenvalue weighted by Gasteiger charge is -2.18. The Morgan fingerprint density at radius 3 is 2.19 bits per heavy atom. The van der Waals surface area contributed by atoms with Crippen LogP contribution in [0.2, 0.25) is 0 Å². The first-order valence-corrected chi connectivity index (χ1v) is 11.5. The molecule has 0 aromatic heterocycles. The van der Waals surface area contributed by atoms with Crippen LogP contribution in [0.25, 0.3) is 0 Å². The van der Waals surface area contributed by atoms with Crippen molar-refractivity contribution >= 4 is 21.8 Å². The Kier molecular flexibility index (Phi) is 7.29. The molecule has 2 aromatic rings. The zero-order valence-electron chi connectivity index (χ0n) is 17.5. The van der Waals surface area contributed by atoms with E-state index in [1.165, 1.54) is 28.6 Å². The quantitative estimate of drug-likeness (QED) is 0.453. The molecule has 0 unspecified atom stereocenters. The summed E-state index contributed by atoms with van der Waals surface area (Å²) in [7, 11) is -3.61. The molecule has 0 N–H and O–H groups in total. The maximum absolute atomic E-state index is 12.5. The molecular weight excluding hydrogens is 422 g/mol. The Morgan fingerprint density at radius 2 is 1.55 bits per heavy atom. The van der Waals surface area contributed by atoms with Gasteiger partial charge in [0.05, 0.1) is 23.7 Å². The maximum atomic E-state index is 12.5. The fraction of sp³-hybridized carbons (Fsp3) is 0.364. The van der Waals surface area contributed by atoms with Crippen molar-refractivity contribution in [2.45, 2.75) is 25.2 Å². The summed E-state index contributed by atoms with van der Waals surface area (Å²) in [6.07, 6.45) is 0.755. The minimum atomic E-state index is -3.61. The highest BCUT2D eigenvalue weighted by atomic mass is 32.2. The van der Waals surface area contributed by atoms with Gasteiger partial charge in [0.1, 0.15) is 0 Å². The van der Waals surface area contributed by atoms with Gasteiger partial charge < -0.3 is 14.2 Å². The maximum Gasteiger partial charge on any atom is 0.338 e. The van der Waals surface area contributed by atoms with Crippen molar-refractivity contribution in [1.29, 1.82) is 0 Å². The second kappa shape index (κ2) is 9.93. The van der Waals surface area contributed by atoms with Gasteiger partial charge in [0.25, 0.3) is 0 Å². The van der Waals surface area contributed by atoms with Crippen LogP contribution in [0.1, 0.15) is 41.0 Å². The fourth-order valence-corrected chi connectivity index (χ4v) is 4.57. The van der Waals surface area contributed by atoms with Crippen LogP contribution < -0.4 is 9.47 Å². The number of rotatable bonds is 8. The topological polar surface area (TPSA) is 99.2 Å². The second-order valence-corrected chi connectivity index (χ2v) is 8.76. The van der Waals surface area contributed by atoms with E-state index in [1.54, 1.807) is 32.0 Å². The molecule has 8 nitrogen and oxygen atoms in total. The molecule has 0 radical (unpaired) electrons. The number of ether oxygens (including phenoxy) is 3. The van der Waals surface area contributed by atoms with Crippen molar-refractivity contribution in [3.8, 4) is 11.5 Å². The molecule has 166 valence electrons. The van der Waals surface area contributed by atoms with E-state index in [1.807, 2.05) is 0 Å². The third kappa shape index (κ3) is 5.23. The number of benzene rings is 2. The Morgan fingerprint density at radius 1 is 0.935 bits per heavy atom. The molecule has 0 atom stereocenters. The summed E-state index contributed by atoms with van der Waals surface area (Å²) >= 11 is 0. The first kappa shape index (κ1) is 22.8. The van der Waals surface area contributed by atoms with Crippen molar-refractivity contribution in [1.82, 2.24) is 4.31 Å². The number of hydrogen-bond donors (Lipinski definition) is 0. The summed E-state index contributed by atoms with van der Waals surface area (Å²) in [6, 6.07) is 10.3. The Labute approximate surface area is 181 Å². The Hall–Kier alpha value is -2.91. The molecule has 0 saturated heterocycles. The SMILES string of the molecule is CCN(CC)S(=O)(=O)c1ccc(C(=O)OCC(=O)c2ccc3c(c2)OCCCO3)cc1. The molecule has 1 aliphatic rings. The van der Waals surface area contributed by atoms with E-state index < -0.39 is 22.6 Å². The van der Waals surface area contributed by atoms with Crippen LogP contribution >= 0.6 is 0 Å². The molecule has 0 bridgehead atoms. The zero-order valence-corrected chi connectivity index (χ0v) is 18.3. The minimum Gasteiger partial charge on any atom is -0.490 e. The molecule has 0 spiro atoms. The summed E-state index contributed by atoms with van der Waals surface area (Å²) in [6.45, 7) is 4.82. The third-order valence-corrected chi connectivity index (χ3v) is 6.90. The van der Waals surface area contributed by atoms with E-state index in [2.05, 4.69) is 0 Å². The normalized spacial score (nSPS) is 13.5. The zero-order chi connectivity index (χ0) is 22.4. The molecule has 2 aromatic carbocycles. The fourth-order valence-electron chi connectivity index (χ4n) is 3.11. The van der Waals surface area contributed by atoms with Crippen molar-refractivity contribution in [3.63, 3.8) is 0 Å². The van der Waals surface area contributed by atoms with Gasteiger partial charge in [-0.15, -0.1) is 0 Å². The van der Waals surface area contributed by atoms with Crippen molar-refractivity contribution in [3.05, 3.63) is 53.6 Å². The lowest BCUT2D eigenvalue weighted by molar-refractivity contribution is 0.0474. The highest BCUT2D eigenvalue weighted by Gasteiger charge is 2.22. The number of fused-ring (bicyclic) bond motifs is 1. The molecule has 9 heteroatoms. The van der Waals surface area contributed by atoms with Gasteiger partial charge in [-0.2, -0.15) is 4.31 Å². The average molecular weight is 448 g/mol. The van der Waals surface area contributed by atoms with Gasteiger partial charge in [-0.05, 0) is 42.5 Å². The highest BCUT2D eigenvalue weighted by molar-refractivity contribution is 7.89. The van der Waals surface area contributed by atoms with Gasteiger partial charge in [-0.25, -0.2) is 13.2 Å². The molecule has 0 saturated carbocycles. The Balaban J connectivity index is 1.63. The number of nitrogens with zero attached hydrogens (tertiary/aromatic N) is 1. The molecule has 1 aliphatic heterocycles. The van der Waals surface area contributed by atoms with Crippen LogP contribution in [0.5, 0.6) is 11.5 Å². The van der Waals surface area contributed by atoms with Crippen molar-refractivity contribution in [2.24, 2.45) is 0 Å². The molecule has 31 heavy (non-hydrogen) atoms. The molecule has 1 heterocycles. The highest BCUT2D eigenvalue weighted by Crippen LogP contribution is 2.30. The van der Waals surface area contributed by atoms with E-state index >= 15 is 0 Å². The number of carbonyl (C=O) groups excluding carboxylic acids is 2. The number of ketones is 1. The summed E-state index contributed by atoms with van der Waals surface area (Å²) in [5.74, 6) is -0.0373. The lowest BCUT2D eigenvalue weighted by atomic mass is 10.1. The van der Waals surface area contributed by atoms with Gasteiger partial charge in [0.15, 0.2) is 23.9 Å². The third-order valence-electron chi connectivity index (χ3n) is 4.84. The van der Waals surface area contributed by atoms with Crippen molar-refractivity contribution in [2.75, 3.05) is 32.9 Å². The predicted molar refractivity (Wildman–Crippen MR) is 113 cm³/mol. The van der Waals surface area contributed by atoms with Gasteiger partial charge >= 0.3 is 5.97 Å². The van der Waals surface area contributed by atoms with E-state index in [4.69, 9.17) is 14.2 Å². The van der Waals surface area contributed by atoms with E-state index in [0.29, 0.717) is 43.4 Å². The van der Waals surface area contributed by atoms with Gasteiger partial charge in [-0.1, -0.05) is 13.8 Å². The summed E-state index contributed by atoms with van der Waals surface area (Å²) in [5.41, 5.74) is 0.502. The number of Topliss-reactive ketones (excluding diaryl/α,β-unsaturated/α-hetero) is 1. The van der Waals surface area contributed by atoms with E-state index in [9.17, 15) is 18.0 Å². The van der Waals surface area contributed by atoms with Gasteiger partial charge in [0.2, 0.25) is 10.0 Å². The molecule has 3 rings (SSSR count). The van der Waals surface area contributed by atoms with Crippen molar-refractivity contribution < 1.29 is 32.2 Å².